The molecule has 0 unspecified atom stereocenters. The van der Waals surface area contributed by atoms with Crippen molar-refractivity contribution in [1.29, 1.82) is 0 Å². The van der Waals surface area contributed by atoms with Gasteiger partial charge in [0.15, 0.2) is 11.6 Å². The van der Waals surface area contributed by atoms with Crippen LogP contribution in [-0.2, 0) is 0 Å². The van der Waals surface area contributed by atoms with Gasteiger partial charge in [-0.2, -0.15) is 0 Å². The number of aryl methyl sites for hydroxylation is 2. The first kappa shape index (κ1) is 13.4. The number of carbonyl (C=O) groups is 1. The standard InChI is InChI=1S/C16H12F2N2O/c1-9-3-14-15(4-10(9)2)20(8-19-14)16-12(17)5-11(7-21)6-13(16)18/h3-8H,1-2H3. The van der Waals surface area contributed by atoms with E-state index < -0.39 is 11.6 Å². The van der Waals surface area contributed by atoms with Gasteiger partial charge in [-0.3, -0.25) is 9.36 Å². The van der Waals surface area contributed by atoms with E-state index in [0.29, 0.717) is 17.3 Å². The average molecular weight is 286 g/mol. The molecule has 1 heterocycles. The third-order valence-electron chi connectivity index (χ3n) is 3.58. The van der Waals surface area contributed by atoms with E-state index in [1.807, 2.05) is 26.0 Å². The molecule has 21 heavy (non-hydrogen) atoms. The van der Waals surface area contributed by atoms with E-state index in [1.165, 1.54) is 10.9 Å². The lowest BCUT2D eigenvalue weighted by atomic mass is 10.1. The maximum atomic E-state index is 14.1. The zero-order valence-electron chi connectivity index (χ0n) is 11.5. The lowest BCUT2D eigenvalue weighted by Crippen LogP contribution is -2.02. The highest BCUT2D eigenvalue weighted by molar-refractivity contribution is 5.80. The molecule has 2 aromatic carbocycles. The SMILES string of the molecule is Cc1cc2ncn(-c3c(F)cc(C=O)cc3F)c2cc1C. The minimum absolute atomic E-state index is 0.0369. The topological polar surface area (TPSA) is 34.9 Å². The van der Waals surface area contributed by atoms with Gasteiger partial charge in [0, 0.05) is 5.56 Å². The molecule has 0 bridgehead atoms. The molecular weight excluding hydrogens is 274 g/mol. The van der Waals surface area contributed by atoms with Gasteiger partial charge in [-0.25, -0.2) is 13.8 Å². The Balaban J connectivity index is 2.31. The molecule has 0 saturated carbocycles. The first-order chi connectivity index (χ1) is 10.0. The van der Waals surface area contributed by atoms with Crippen LogP contribution in [0.3, 0.4) is 0 Å². The second kappa shape index (κ2) is 4.77. The van der Waals surface area contributed by atoms with Gasteiger partial charge in [0.2, 0.25) is 0 Å². The monoisotopic (exact) mass is 286 g/mol. The molecule has 106 valence electrons. The van der Waals surface area contributed by atoms with Crippen LogP contribution in [0.5, 0.6) is 0 Å². The molecule has 3 nitrogen and oxygen atoms in total. The number of carbonyl (C=O) groups excluding carboxylic acids is 1. The summed E-state index contributed by atoms with van der Waals surface area (Å²) in [5.74, 6) is -1.59. The number of rotatable bonds is 2. The molecule has 0 saturated heterocycles. The Labute approximate surface area is 119 Å². The lowest BCUT2D eigenvalue weighted by Gasteiger charge is -2.09. The number of imidazole rings is 1. The van der Waals surface area contributed by atoms with Gasteiger partial charge >= 0.3 is 0 Å². The maximum Gasteiger partial charge on any atom is 0.150 e. The van der Waals surface area contributed by atoms with Crippen molar-refractivity contribution in [3.05, 3.63) is 58.9 Å². The smallest absolute Gasteiger partial charge is 0.150 e. The van der Waals surface area contributed by atoms with E-state index in [9.17, 15) is 13.6 Å². The highest BCUT2D eigenvalue weighted by atomic mass is 19.1. The highest BCUT2D eigenvalue weighted by Crippen LogP contribution is 2.25. The van der Waals surface area contributed by atoms with Crippen LogP contribution in [0.1, 0.15) is 21.5 Å². The third kappa shape index (κ3) is 2.11. The first-order valence-electron chi connectivity index (χ1n) is 6.40. The maximum absolute atomic E-state index is 14.1. The Morgan fingerprint density at radius 3 is 2.29 bits per heavy atom. The quantitative estimate of drug-likeness (QED) is 0.673. The number of hydrogen-bond acceptors (Lipinski definition) is 2. The summed E-state index contributed by atoms with van der Waals surface area (Å²) in [5, 5.41) is 0. The molecular formula is C16H12F2N2O. The largest absolute Gasteiger partial charge is 0.298 e. The van der Waals surface area contributed by atoms with Crippen molar-refractivity contribution in [3.63, 3.8) is 0 Å². The molecule has 3 aromatic rings. The van der Waals surface area contributed by atoms with E-state index in [2.05, 4.69) is 4.98 Å². The van der Waals surface area contributed by atoms with Gasteiger partial charge in [0.05, 0.1) is 11.0 Å². The van der Waals surface area contributed by atoms with Crippen molar-refractivity contribution >= 4 is 17.3 Å². The summed E-state index contributed by atoms with van der Waals surface area (Å²) in [6, 6.07) is 5.73. The number of fused-ring (bicyclic) bond motifs is 1. The number of hydrogen-bond donors (Lipinski definition) is 0. The normalized spacial score (nSPS) is 11.0. The third-order valence-corrected chi connectivity index (χ3v) is 3.58. The highest BCUT2D eigenvalue weighted by Gasteiger charge is 2.16. The van der Waals surface area contributed by atoms with Crippen LogP contribution >= 0.6 is 0 Å². The zero-order chi connectivity index (χ0) is 15.1. The molecule has 0 N–H and O–H groups in total. The van der Waals surface area contributed by atoms with Gasteiger partial charge in [-0.1, -0.05) is 0 Å². The molecule has 0 atom stereocenters. The predicted molar refractivity (Wildman–Crippen MR) is 75.8 cm³/mol. The lowest BCUT2D eigenvalue weighted by molar-refractivity contribution is 0.112. The first-order valence-corrected chi connectivity index (χ1v) is 6.40. The second-order valence-electron chi connectivity index (χ2n) is 4.99. The molecule has 0 radical (unpaired) electrons. The Morgan fingerprint density at radius 1 is 1.05 bits per heavy atom. The number of nitrogens with zero attached hydrogens (tertiary/aromatic N) is 2. The van der Waals surface area contributed by atoms with Crippen molar-refractivity contribution < 1.29 is 13.6 Å². The minimum Gasteiger partial charge on any atom is -0.298 e. The Kier molecular flexibility index (Phi) is 3.05. The van der Waals surface area contributed by atoms with E-state index in [4.69, 9.17) is 0 Å². The fraction of sp³-hybridized carbons (Fsp3) is 0.125. The van der Waals surface area contributed by atoms with Gasteiger partial charge in [0.1, 0.15) is 18.3 Å². The van der Waals surface area contributed by atoms with E-state index >= 15 is 0 Å². The van der Waals surface area contributed by atoms with Gasteiger partial charge in [0.25, 0.3) is 0 Å². The Bertz CT molecular complexity index is 845. The van der Waals surface area contributed by atoms with Crippen LogP contribution < -0.4 is 0 Å². The summed E-state index contributed by atoms with van der Waals surface area (Å²) in [5.41, 5.74) is 3.09. The molecule has 0 fully saturated rings. The zero-order valence-corrected chi connectivity index (χ0v) is 11.5. The van der Waals surface area contributed by atoms with E-state index in [0.717, 1.165) is 23.3 Å². The fourth-order valence-electron chi connectivity index (χ4n) is 2.33. The summed E-state index contributed by atoms with van der Waals surface area (Å²) >= 11 is 0. The van der Waals surface area contributed by atoms with Gasteiger partial charge < -0.3 is 0 Å². The molecule has 0 aliphatic heterocycles. The molecule has 0 spiro atoms. The van der Waals surface area contributed by atoms with Gasteiger partial charge in [-0.15, -0.1) is 0 Å². The minimum atomic E-state index is -0.797. The summed E-state index contributed by atoms with van der Waals surface area (Å²) in [6.07, 6.45) is 1.79. The molecule has 0 aliphatic rings. The van der Waals surface area contributed by atoms with Crippen LogP contribution in [0.25, 0.3) is 16.7 Å². The summed E-state index contributed by atoms with van der Waals surface area (Å²) < 4.78 is 29.6. The van der Waals surface area contributed by atoms with E-state index in [1.54, 1.807) is 0 Å². The average Bonchev–Trinajstić information content (AvgIpc) is 2.81. The molecule has 5 heteroatoms. The molecule has 3 rings (SSSR count). The van der Waals surface area contributed by atoms with Crippen LogP contribution in [0, 0.1) is 25.5 Å². The summed E-state index contributed by atoms with van der Waals surface area (Å²) in [4.78, 5) is 14.8. The van der Waals surface area contributed by atoms with Crippen molar-refractivity contribution in [2.45, 2.75) is 13.8 Å². The van der Waals surface area contributed by atoms with E-state index in [-0.39, 0.29) is 11.3 Å². The second-order valence-corrected chi connectivity index (χ2v) is 4.99. The van der Waals surface area contributed by atoms with Crippen LogP contribution in [0.2, 0.25) is 0 Å². The summed E-state index contributed by atoms with van der Waals surface area (Å²) in [6.45, 7) is 3.88. The predicted octanol–water partition coefficient (Wildman–Crippen LogP) is 3.73. The summed E-state index contributed by atoms with van der Waals surface area (Å²) in [7, 11) is 0. The van der Waals surface area contributed by atoms with Crippen molar-refractivity contribution in [2.75, 3.05) is 0 Å². The Hall–Kier alpha value is -2.56. The van der Waals surface area contributed by atoms with Crippen LogP contribution in [0.15, 0.2) is 30.6 Å². The number of aromatic nitrogens is 2. The van der Waals surface area contributed by atoms with Crippen molar-refractivity contribution in [1.82, 2.24) is 9.55 Å². The number of halogens is 2. The molecule has 0 aliphatic carbocycles. The molecule has 0 amide bonds. The molecule has 1 aromatic heterocycles. The van der Waals surface area contributed by atoms with Crippen LogP contribution in [0.4, 0.5) is 8.78 Å². The van der Waals surface area contributed by atoms with Gasteiger partial charge in [-0.05, 0) is 49.2 Å². The van der Waals surface area contributed by atoms with Crippen molar-refractivity contribution in [3.8, 4) is 5.69 Å². The number of aldehydes is 1. The fourth-order valence-corrected chi connectivity index (χ4v) is 2.33. The van der Waals surface area contributed by atoms with Crippen molar-refractivity contribution in [2.24, 2.45) is 0 Å². The Morgan fingerprint density at radius 2 is 1.67 bits per heavy atom. The number of benzene rings is 2. The van der Waals surface area contributed by atoms with Crippen LogP contribution in [-0.4, -0.2) is 15.8 Å².